The quantitative estimate of drug-likeness (QED) is 0.310. The molecular formula is C14H20N4O3. The molecule has 114 valence electrons. The zero-order chi connectivity index (χ0) is 15.2. The molecule has 1 atom stereocenters. The lowest BCUT2D eigenvalue weighted by atomic mass is 10.1. The number of amidine groups is 1. The zero-order valence-corrected chi connectivity index (χ0v) is 12.0. The van der Waals surface area contributed by atoms with Gasteiger partial charge >= 0.3 is 0 Å². The maximum Gasteiger partial charge on any atom is 0.251 e. The number of carbonyl (C=O) groups is 1. The summed E-state index contributed by atoms with van der Waals surface area (Å²) >= 11 is 0. The Morgan fingerprint density at radius 1 is 1.57 bits per heavy atom. The lowest BCUT2D eigenvalue weighted by molar-refractivity contribution is -0.0175. The lowest BCUT2D eigenvalue weighted by Gasteiger charge is -2.30. The molecule has 1 aromatic carbocycles. The molecule has 0 aliphatic carbocycles. The average Bonchev–Trinajstić information content (AvgIpc) is 2.52. The normalized spacial score (nSPS) is 20.2. The maximum absolute atomic E-state index is 12.1. The molecule has 1 amide bonds. The van der Waals surface area contributed by atoms with Crippen molar-refractivity contribution in [2.75, 3.05) is 33.3 Å². The molecule has 1 aliphatic rings. The predicted molar refractivity (Wildman–Crippen MR) is 78.5 cm³/mol. The van der Waals surface area contributed by atoms with E-state index in [0.717, 1.165) is 13.1 Å². The van der Waals surface area contributed by atoms with Crippen LogP contribution in [0.2, 0.25) is 0 Å². The van der Waals surface area contributed by atoms with Crippen LogP contribution in [-0.4, -0.2) is 61.2 Å². The smallest absolute Gasteiger partial charge is 0.251 e. The molecule has 7 heteroatoms. The van der Waals surface area contributed by atoms with E-state index in [-0.39, 0.29) is 17.8 Å². The Kier molecular flexibility index (Phi) is 5.13. The summed E-state index contributed by atoms with van der Waals surface area (Å²) in [7, 11) is 2.03. The number of morpholine rings is 1. The Morgan fingerprint density at radius 3 is 3.05 bits per heavy atom. The first-order valence-corrected chi connectivity index (χ1v) is 6.76. The fourth-order valence-corrected chi connectivity index (χ4v) is 2.18. The monoisotopic (exact) mass is 292 g/mol. The minimum Gasteiger partial charge on any atom is -0.409 e. The molecule has 0 saturated carbocycles. The SMILES string of the molecule is CN1CCOC(CNC(=O)c2cccc(C(N)=NO)c2)C1. The van der Waals surface area contributed by atoms with Crippen LogP contribution in [-0.2, 0) is 4.74 Å². The molecule has 0 aromatic heterocycles. The van der Waals surface area contributed by atoms with Crippen LogP contribution in [0.5, 0.6) is 0 Å². The number of carbonyl (C=O) groups excluding carboxylic acids is 1. The van der Waals surface area contributed by atoms with E-state index in [9.17, 15) is 4.79 Å². The number of benzene rings is 1. The van der Waals surface area contributed by atoms with Crippen LogP contribution >= 0.6 is 0 Å². The van der Waals surface area contributed by atoms with Gasteiger partial charge in [-0.1, -0.05) is 17.3 Å². The molecule has 1 saturated heterocycles. The van der Waals surface area contributed by atoms with Crippen molar-refractivity contribution in [3.05, 3.63) is 35.4 Å². The molecule has 2 rings (SSSR count). The Bertz CT molecular complexity index is 533. The molecule has 7 nitrogen and oxygen atoms in total. The number of hydrogen-bond donors (Lipinski definition) is 3. The van der Waals surface area contributed by atoms with E-state index < -0.39 is 0 Å². The number of amides is 1. The van der Waals surface area contributed by atoms with E-state index in [2.05, 4.69) is 15.4 Å². The van der Waals surface area contributed by atoms with Gasteiger partial charge in [0, 0.05) is 30.8 Å². The number of nitrogens with one attached hydrogen (secondary N) is 1. The third kappa shape index (κ3) is 4.17. The third-order valence-electron chi connectivity index (χ3n) is 3.36. The third-order valence-corrected chi connectivity index (χ3v) is 3.36. The summed E-state index contributed by atoms with van der Waals surface area (Å²) in [5.74, 6) is -0.235. The van der Waals surface area contributed by atoms with E-state index in [1.54, 1.807) is 24.3 Å². The Balaban J connectivity index is 1.94. The van der Waals surface area contributed by atoms with Crippen LogP contribution in [0, 0.1) is 0 Å². The second kappa shape index (κ2) is 7.05. The minimum absolute atomic E-state index is 0.0000404. The van der Waals surface area contributed by atoms with Gasteiger partial charge in [-0.2, -0.15) is 0 Å². The van der Waals surface area contributed by atoms with E-state index in [1.807, 2.05) is 7.05 Å². The number of rotatable bonds is 4. The van der Waals surface area contributed by atoms with Gasteiger partial charge in [0.15, 0.2) is 5.84 Å². The summed E-state index contributed by atoms with van der Waals surface area (Å²) in [6, 6.07) is 6.62. The van der Waals surface area contributed by atoms with Gasteiger partial charge in [-0.15, -0.1) is 0 Å². The molecular weight excluding hydrogens is 272 g/mol. The molecule has 1 aromatic rings. The molecule has 1 aliphatic heterocycles. The number of likely N-dealkylation sites (N-methyl/N-ethyl adjacent to an activating group) is 1. The molecule has 0 spiro atoms. The molecule has 4 N–H and O–H groups in total. The molecule has 0 radical (unpaired) electrons. The Hall–Kier alpha value is -2.12. The van der Waals surface area contributed by atoms with Gasteiger partial charge in [0.1, 0.15) is 0 Å². The number of oxime groups is 1. The van der Waals surface area contributed by atoms with Crippen molar-refractivity contribution in [2.24, 2.45) is 10.9 Å². The van der Waals surface area contributed by atoms with Gasteiger partial charge in [-0.05, 0) is 19.2 Å². The molecule has 0 bridgehead atoms. The lowest BCUT2D eigenvalue weighted by Crippen LogP contribution is -2.45. The standard InChI is InChI=1S/C14H20N4O3/c1-18-5-6-21-12(9-18)8-16-14(19)11-4-2-3-10(7-11)13(15)17-20/h2-4,7,12,20H,5-6,8-9H2,1H3,(H2,15,17)(H,16,19). The topological polar surface area (TPSA) is 100 Å². The summed E-state index contributed by atoms with van der Waals surface area (Å²) in [5, 5.41) is 14.4. The van der Waals surface area contributed by atoms with Crippen molar-refractivity contribution >= 4 is 11.7 Å². The average molecular weight is 292 g/mol. The van der Waals surface area contributed by atoms with E-state index in [0.29, 0.717) is 24.3 Å². The van der Waals surface area contributed by atoms with Crippen molar-refractivity contribution in [1.29, 1.82) is 0 Å². The van der Waals surface area contributed by atoms with Gasteiger partial charge in [0.05, 0.1) is 12.7 Å². The molecule has 1 heterocycles. The summed E-state index contributed by atoms with van der Waals surface area (Å²) in [4.78, 5) is 14.3. The van der Waals surface area contributed by atoms with Crippen molar-refractivity contribution in [3.8, 4) is 0 Å². The minimum atomic E-state index is -0.209. The van der Waals surface area contributed by atoms with Crippen LogP contribution in [0.4, 0.5) is 0 Å². The van der Waals surface area contributed by atoms with Crippen LogP contribution in [0.1, 0.15) is 15.9 Å². The van der Waals surface area contributed by atoms with Crippen molar-refractivity contribution in [1.82, 2.24) is 10.2 Å². The molecule has 1 unspecified atom stereocenters. The number of ether oxygens (including phenoxy) is 1. The van der Waals surface area contributed by atoms with Gasteiger partial charge < -0.3 is 25.9 Å². The van der Waals surface area contributed by atoms with E-state index >= 15 is 0 Å². The first-order chi connectivity index (χ1) is 10.1. The Morgan fingerprint density at radius 2 is 2.33 bits per heavy atom. The fraction of sp³-hybridized carbons (Fsp3) is 0.429. The summed E-state index contributed by atoms with van der Waals surface area (Å²) in [5.41, 5.74) is 6.47. The highest BCUT2D eigenvalue weighted by Crippen LogP contribution is 2.06. The fourth-order valence-electron chi connectivity index (χ4n) is 2.18. The summed E-state index contributed by atoms with van der Waals surface area (Å²) < 4.78 is 5.59. The number of nitrogens with two attached hydrogens (primary N) is 1. The van der Waals surface area contributed by atoms with Gasteiger partial charge in [-0.3, -0.25) is 4.79 Å². The second-order valence-electron chi connectivity index (χ2n) is 5.03. The largest absolute Gasteiger partial charge is 0.409 e. The summed E-state index contributed by atoms with van der Waals surface area (Å²) in [6.07, 6.45) is -0.0000404. The number of nitrogens with zero attached hydrogens (tertiary/aromatic N) is 2. The van der Waals surface area contributed by atoms with Gasteiger partial charge in [-0.25, -0.2) is 0 Å². The van der Waals surface area contributed by atoms with Gasteiger partial charge in [0.25, 0.3) is 5.91 Å². The molecule has 1 fully saturated rings. The molecule has 21 heavy (non-hydrogen) atoms. The van der Waals surface area contributed by atoms with Crippen LogP contribution in [0.3, 0.4) is 0 Å². The highest BCUT2D eigenvalue weighted by molar-refractivity contribution is 6.01. The van der Waals surface area contributed by atoms with Crippen molar-refractivity contribution < 1.29 is 14.7 Å². The highest BCUT2D eigenvalue weighted by atomic mass is 16.5. The van der Waals surface area contributed by atoms with E-state index in [1.165, 1.54) is 0 Å². The van der Waals surface area contributed by atoms with Crippen molar-refractivity contribution in [3.63, 3.8) is 0 Å². The van der Waals surface area contributed by atoms with Crippen LogP contribution < -0.4 is 11.1 Å². The summed E-state index contributed by atoms with van der Waals surface area (Å²) in [6.45, 7) is 2.84. The van der Waals surface area contributed by atoms with Crippen molar-refractivity contribution in [2.45, 2.75) is 6.10 Å². The first kappa shape index (κ1) is 15.3. The number of hydrogen-bond acceptors (Lipinski definition) is 5. The zero-order valence-electron chi connectivity index (χ0n) is 12.0. The first-order valence-electron chi connectivity index (χ1n) is 6.76. The van der Waals surface area contributed by atoms with Gasteiger partial charge in [0.2, 0.25) is 0 Å². The van der Waals surface area contributed by atoms with E-state index in [4.69, 9.17) is 15.7 Å². The maximum atomic E-state index is 12.1. The van der Waals surface area contributed by atoms with Crippen LogP contribution in [0.25, 0.3) is 0 Å². The second-order valence-corrected chi connectivity index (χ2v) is 5.03. The van der Waals surface area contributed by atoms with Crippen LogP contribution in [0.15, 0.2) is 29.4 Å². The predicted octanol–water partition coefficient (Wildman–Crippen LogP) is -0.158. The highest BCUT2D eigenvalue weighted by Gasteiger charge is 2.18. The Labute approximate surface area is 123 Å².